The first-order valence-corrected chi connectivity index (χ1v) is 6.85. The first-order valence-electron chi connectivity index (χ1n) is 6.85. The minimum Gasteiger partial charge on any atom is -0.393 e. The molecular weight excluding hydrogens is 228 g/mol. The molecule has 1 saturated carbocycles. The molecule has 0 aliphatic heterocycles. The molecule has 0 amide bonds. The molecule has 3 aliphatic carbocycles. The number of Topliss-reactive ketones (excluding diaryl/α,β-unsaturated/α-hetero) is 1. The molecule has 0 aromatic carbocycles. The summed E-state index contributed by atoms with van der Waals surface area (Å²) in [5, 5.41) is 20.4. The Morgan fingerprint density at radius 2 is 1.83 bits per heavy atom. The number of ketones is 1. The predicted molar refractivity (Wildman–Crippen MR) is 67.8 cm³/mol. The van der Waals surface area contributed by atoms with Crippen LogP contribution in [0.4, 0.5) is 0 Å². The number of rotatable bonds is 0. The number of hydrogen-bond acceptors (Lipinski definition) is 3. The summed E-state index contributed by atoms with van der Waals surface area (Å²) < 4.78 is 0. The topological polar surface area (TPSA) is 57.5 Å². The van der Waals surface area contributed by atoms with Gasteiger partial charge in [-0.15, -0.1) is 0 Å². The molecule has 0 radical (unpaired) electrons. The molecule has 0 spiro atoms. The van der Waals surface area contributed by atoms with Crippen molar-refractivity contribution in [3.63, 3.8) is 0 Å². The van der Waals surface area contributed by atoms with Crippen LogP contribution >= 0.6 is 0 Å². The monoisotopic (exact) mass is 250 g/mol. The molecule has 3 rings (SSSR count). The van der Waals surface area contributed by atoms with Crippen molar-refractivity contribution in [1.29, 1.82) is 0 Å². The summed E-state index contributed by atoms with van der Waals surface area (Å²) >= 11 is 0. The van der Waals surface area contributed by atoms with E-state index in [2.05, 4.69) is 6.92 Å². The molecule has 0 unspecified atom stereocenters. The van der Waals surface area contributed by atoms with E-state index in [1.807, 2.05) is 20.8 Å². The van der Waals surface area contributed by atoms with Gasteiger partial charge in [-0.1, -0.05) is 33.3 Å². The Morgan fingerprint density at radius 1 is 1.22 bits per heavy atom. The summed E-state index contributed by atoms with van der Waals surface area (Å²) in [6.07, 6.45) is 0.307. The third-order valence-corrected chi connectivity index (χ3v) is 5.93. The van der Waals surface area contributed by atoms with Gasteiger partial charge in [-0.2, -0.15) is 0 Å². The average Bonchev–Trinajstić information content (AvgIpc) is 2.74. The molecule has 1 fully saturated rings. The van der Waals surface area contributed by atoms with Crippen molar-refractivity contribution in [3.8, 4) is 0 Å². The third-order valence-electron chi connectivity index (χ3n) is 5.93. The minimum atomic E-state index is -0.633. The number of fused-ring (bicyclic) bond motifs is 2. The quantitative estimate of drug-likeness (QED) is 0.687. The average molecular weight is 250 g/mol. The largest absolute Gasteiger partial charge is 0.393 e. The van der Waals surface area contributed by atoms with Crippen LogP contribution < -0.4 is 0 Å². The van der Waals surface area contributed by atoms with Crippen LogP contribution in [-0.2, 0) is 4.79 Å². The van der Waals surface area contributed by atoms with Gasteiger partial charge in [0.05, 0.1) is 12.2 Å². The zero-order valence-electron chi connectivity index (χ0n) is 11.5. The number of carbonyl (C=O) groups is 1. The van der Waals surface area contributed by atoms with Crippen molar-refractivity contribution in [3.05, 3.63) is 11.1 Å². The van der Waals surface area contributed by atoms with Gasteiger partial charge in [0.25, 0.3) is 0 Å². The van der Waals surface area contributed by atoms with Crippen LogP contribution in [0.5, 0.6) is 0 Å². The highest BCUT2D eigenvalue weighted by Crippen LogP contribution is 2.64. The Balaban J connectivity index is 2.12. The molecule has 2 N–H and O–H groups in total. The Labute approximate surface area is 108 Å². The number of allylic oxidation sites excluding steroid dienone is 1. The Morgan fingerprint density at radius 3 is 2.44 bits per heavy atom. The normalized spacial score (nSPS) is 49.8. The van der Waals surface area contributed by atoms with Gasteiger partial charge in [0.1, 0.15) is 0 Å². The Kier molecular flexibility index (Phi) is 2.24. The van der Waals surface area contributed by atoms with Crippen molar-refractivity contribution in [2.24, 2.45) is 22.7 Å². The molecule has 0 aromatic heterocycles. The first kappa shape index (κ1) is 12.4. The second-order valence-corrected chi connectivity index (χ2v) is 7.25. The second kappa shape index (κ2) is 3.26. The van der Waals surface area contributed by atoms with Crippen LogP contribution in [-0.4, -0.2) is 28.2 Å². The molecule has 100 valence electrons. The van der Waals surface area contributed by atoms with Crippen molar-refractivity contribution in [2.45, 2.75) is 52.7 Å². The molecule has 5 atom stereocenters. The summed E-state index contributed by atoms with van der Waals surface area (Å²) in [5.74, 6) is 0.0762. The van der Waals surface area contributed by atoms with E-state index in [9.17, 15) is 15.0 Å². The van der Waals surface area contributed by atoms with Gasteiger partial charge in [-0.25, -0.2) is 0 Å². The van der Waals surface area contributed by atoms with Gasteiger partial charge in [0.15, 0.2) is 5.78 Å². The van der Waals surface area contributed by atoms with E-state index >= 15 is 0 Å². The number of aliphatic hydroxyl groups is 2. The molecule has 0 heterocycles. The highest BCUT2D eigenvalue weighted by Gasteiger charge is 2.64. The lowest BCUT2D eigenvalue weighted by Crippen LogP contribution is -2.35. The number of hydrogen-bond donors (Lipinski definition) is 2. The van der Waals surface area contributed by atoms with Crippen LogP contribution in [0.15, 0.2) is 11.1 Å². The van der Waals surface area contributed by atoms with Crippen LogP contribution in [0.25, 0.3) is 0 Å². The molecule has 3 nitrogen and oxygen atoms in total. The van der Waals surface area contributed by atoms with Crippen LogP contribution in [0.1, 0.15) is 40.5 Å². The molecule has 0 bridgehead atoms. The van der Waals surface area contributed by atoms with E-state index in [1.165, 1.54) is 0 Å². The van der Waals surface area contributed by atoms with Gasteiger partial charge in [0.2, 0.25) is 0 Å². The van der Waals surface area contributed by atoms with E-state index in [0.29, 0.717) is 12.0 Å². The molecule has 3 heteroatoms. The fourth-order valence-corrected chi connectivity index (χ4v) is 4.43. The fourth-order valence-electron chi connectivity index (χ4n) is 4.43. The summed E-state index contributed by atoms with van der Waals surface area (Å²) in [6.45, 7) is 8.16. The lowest BCUT2D eigenvalue weighted by Gasteiger charge is -2.35. The van der Waals surface area contributed by atoms with E-state index in [0.717, 1.165) is 12.0 Å². The maximum Gasteiger partial charge on any atom is 0.165 e. The maximum absolute atomic E-state index is 12.5. The highest BCUT2D eigenvalue weighted by atomic mass is 16.3. The van der Waals surface area contributed by atoms with Crippen molar-refractivity contribution in [2.75, 3.05) is 0 Å². The van der Waals surface area contributed by atoms with Gasteiger partial charge in [0, 0.05) is 16.9 Å². The lowest BCUT2D eigenvalue weighted by atomic mass is 9.68. The van der Waals surface area contributed by atoms with Crippen LogP contribution in [0.2, 0.25) is 0 Å². The van der Waals surface area contributed by atoms with E-state index in [4.69, 9.17) is 0 Å². The SMILES string of the molecule is C[C@H]1[C@H](O)C[C@@H]2C(=O)C3=C(CC(C)(C)[C@H]3O)[C@@]21C. The minimum absolute atomic E-state index is 0.0916. The smallest absolute Gasteiger partial charge is 0.165 e. The summed E-state index contributed by atoms with van der Waals surface area (Å²) in [5.41, 5.74) is 1.31. The highest BCUT2D eigenvalue weighted by molar-refractivity contribution is 6.04. The Hall–Kier alpha value is -0.670. The zero-order valence-corrected chi connectivity index (χ0v) is 11.5. The molecule has 3 aliphatic rings. The van der Waals surface area contributed by atoms with Gasteiger partial charge in [-0.05, 0) is 24.2 Å². The summed E-state index contributed by atoms with van der Waals surface area (Å²) in [6, 6.07) is 0. The standard InChI is InChI=1S/C15H22O3/c1-7-10(16)5-8-12(17)11-9(15(7,8)4)6-14(2,3)13(11)18/h7-8,10,13,16,18H,5-6H2,1-4H3/t7-,8+,10+,13-,15+/m0/s1. The molecular formula is C15H22O3. The number of aliphatic hydroxyl groups excluding tert-OH is 2. The first-order chi connectivity index (χ1) is 8.21. The van der Waals surface area contributed by atoms with Gasteiger partial charge < -0.3 is 10.2 Å². The van der Waals surface area contributed by atoms with E-state index in [1.54, 1.807) is 0 Å². The van der Waals surface area contributed by atoms with Gasteiger partial charge >= 0.3 is 0 Å². The van der Waals surface area contributed by atoms with Gasteiger partial charge in [-0.3, -0.25) is 4.79 Å². The fraction of sp³-hybridized carbons (Fsp3) is 0.800. The maximum atomic E-state index is 12.5. The molecule has 0 saturated heterocycles. The van der Waals surface area contributed by atoms with Crippen LogP contribution in [0.3, 0.4) is 0 Å². The third kappa shape index (κ3) is 1.15. The summed E-state index contributed by atoms with van der Waals surface area (Å²) in [7, 11) is 0. The summed E-state index contributed by atoms with van der Waals surface area (Å²) in [4.78, 5) is 12.5. The van der Waals surface area contributed by atoms with E-state index < -0.39 is 6.10 Å². The lowest BCUT2D eigenvalue weighted by molar-refractivity contribution is -0.121. The van der Waals surface area contributed by atoms with Crippen molar-refractivity contribution in [1.82, 2.24) is 0 Å². The van der Waals surface area contributed by atoms with Crippen molar-refractivity contribution >= 4 is 5.78 Å². The van der Waals surface area contributed by atoms with E-state index in [-0.39, 0.29) is 34.6 Å². The van der Waals surface area contributed by atoms with Crippen LogP contribution in [0, 0.1) is 22.7 Å². The van der Waals surface area contributed by atoms with Crippen molar-refractivity contribution < 1.29 is 15.0 Å². The predicted octanol–water partition coefficient (Wildman–Crippen LogP) is 1.68. The second-order valence-electron chi connectivity index (χ2n) is 7.25. The molecule has 18 heavy (non-hydrogen) atoms. The Bertz CT molecular complexity index is 462. The zero-order chi connectivity index (χ0) is 13.5. The number of carbonyl (C=O) groups excluding carboxylic acids is 1. The molecule has 0 aromatic rings.